The number of rotatable bonds is 6. The molecule has 0 aliphatic rings. The lowest BCUT2D eigenvalue weighted by atomic mass is 10.2. The van der Waals surface area contributed by atoms with Crippen molar-refractivity contribution >= 4 is 23.1 Å². The summed E-state index contributed by atoms with van der Waals surface area (Å²) in [6.45, 7) is 2.33. The van der Waals surface area contributed by atoms with E-state index in [1.54, 1.807) is 25.6 Å². The molecule has 0 radical (unpaired) electrons. The molecule has 0 fully saturated rings. The summed E-state index contributed by atoms with van der Waals surface area (Å²) in [5.74, 6) is 1.28. The van der Waals surface area contributed by atoms with Crippen LogP contribution in [0.1, 0.15) is 11.3 Å². The van der Waals surface area contributed by atoms with Crippen molar-refractivity contribution in [2.45, 2.75) is 13.5 Å². The number of thiazole rings is 1. The van der Waals surface area contributed by atoms with Crippen LogP contribution in [-0.4, -0.2) is 25.2 Å². The molecule has 6 nitrogen and oxygen atoms in total. The average molecular weight is 383 g/mol. The molecule has 2 aromatic carbocycles. The zero-order valence-corrected chi connectivity index (χ0v) is 16.2. The summed E-state index contributed by atoms with van der Waals surface area (Å²) < 4.78 is 10.5. The molecule has 2 amide bonds. The standard InChI is InChI=1S/C20H21N3O3S/c1-13-12-27-19(22-13)15-5-4-6-16(10-15)23-20(24)21-11-14-7-8-17(25-2)18(9-14)26-3/h4-10,12H,11H2,1-3H3,(H2,21,23,24). The van der Waals surface area contributed by atoms with E-state index in [0.29, 0.717) is 23.7 Å². The molecule has 0 unspecified atom stereocenters. The Balaban J connectivity index is 1.61. The number of nitrogens with one attached hydrogen (secondary N) is 2. The van der Waals surface area contributed by atoms with Gasteiger partial charge in [0.05, 0.1) is 14.2 Å². The van der Waals surface area contributed by atoms with E-state index in [1.807, 2.05) is 54.8 Å². The summed E-state index contributed by atoms with van der Waals surface area (Å²) in [5.41, 5.74) is 3.59. The van der Waals surface area contributed by atoms with Crippen molar-refractivity contribution in [1.29, 1.82) is 0 Å². The molecule has 0 saturated heterocycles. The van der Waals surface area contributed by atoms with E-state index in [-0.39, 0.29) is 6.03 Å². The van der Waals surface area contributed by atoms with Gasteiger partial charge in [0.1, 0.15) is 5.01 Å². The van der Waals surface area contributed by atoms with E-state index < -0.39 is 0 Å². The van der Waals surface area contributed by atoms with Gasteiger partial charge in [0, 0.05) is 28.9 Å². The second-order valence-corrected chi connectivity index (χ2v) is 6.73. The molecule has 0 atom stereocenters. The summed E-state index contributed by atoms with van der Waals surface area (Å²) >= 11 is 1.58. The third-order valence-electron chi connectivity index (χ3n) is 3.89. The van der Waals surface area contributed by atoms with E-state index in [4.69, 9.17) is 9.47 Å². The van der Waals surface area contributed by atoms with Crippen molar-refractivity contribution < 1.29 is 14.3 Å². The minimum absolute atomic E-state index is 0.280. The topological polar surface area (TPSA) is 72.5 Å². The second kappa shape index (κ2) is 8.55. The first kappa shape index (κ1) is 18.7. The molecule has 7 heteroatoms. The summed E-state index contributed by atoms with van der Waals surface area (Å²) in [7, 11) is 3.17. The highest BCUT2D eigenvalue weighted by molar-refractivity contribution is 7.13. The van der Waals surface area contributed by atoms with Crippen LogP contribution >= 0.6 is 11.3 Å². The number of hydrogen-bond donors (Lipinski definition) is 2. The fourth-order valence-electron chi connectivity index (χ4n) is 2.56. The van der Waals surface area contributed by atoms with Crippen LogP contribution in [0.25, 0.3) is 10.6 Å². The molecular formula is C20H21N3O3S. The van der Waals surface area contributed by atoms with Crippen molar-refractivity contribution in [3.8, 4) is 22.1 Å². The van der Waals surface area contributed by atoms with Crippen molar-refractivity contribution in [3.63, 3.8) is 0 Å². The molecule has 140 valence electrons. The van der Waals surface area contributed by atoms with Crippen LogP contribution < -0.4 is 20.1 Å². The zero-order valence-electron chi connectivity index (χ0n) is 15.4. The maximum atomic E-state index is 12.2. The van der Waals surface area contributed by atoms with Gasteiger partial charge < -0.3 is 20.1 Å². The van der Waals surface area contributed by atoms with E-state index >= 15 is 0 Å². The van der Waals surface area contributed by atoms with E-state index in [2.05, 4.69) is 15.6 Å². The largest absolute Gasteiger partial charge is 0.493 e. The minimum atomic E-state index is -0.280. The van der Waals surface area contributed by atoms with Crippen LogP contribution in [0.5, 0.6) is 11.5 Å². The van der Waals surface area contributed by atoms with Gasteiger partial charge in [-0.15, -0.1) is 11.3 Å². The predicted octanol–water partition coefficient (Wildman–Crippen LogP) is 4.46. The SMILES string of the molecule is COc1ccc(CNC(=O)Nc2cccc(-c3nc(C)cs3)c2)cc1OC. The van der Waals surface area contributed by atoms with Crippen LogP contribution in [0.4, 0.5) is 10.5 Å². The number of amides is 2. The van der Waals surface area contributed by atoms with Gasteiger partial charge in [-0.3, -0.25) is 0 Å². The predicted molar refractivity (Wildman–Crippen MR) is 108 cm³/mol. The Kier molecular flexibility index (Phi) is 5.93. The second-order valence-electron chi connectivity index (χ2n) is 5.87. The lowest BCUT2D eigenvalue weighted by molar-refractivity contribution is 0.251. The molecule has 3 aromatic rings. The number of ether oxygens (including phenoxy) is 2. The van der Waals surface area contributed by atoms with Crippen molar-refractivity contribution in [3.05, 3.63) is 59.1 Å². The number of nitrogens with zero attached hydrogens (tertiary/aromatic N) is 1. The van der Waals surface area contributed by atoms with Crippen LogP contribution in [0.15, 0.2) is 47.8 Å². The molecule has 3 rings (SSSR count). The first-order valence-electron chi connectivity index (χ1n) is 8.37. The monoisotopic (exact) mass is 383 g/mol. The molecule has 0 spiro atoms. The van der Waals surface area contributed by atoms with Gasteiger partial charge in [0.2, 0.25) is 0 Å². The minimum Gasteiger partial charge on any atom is -0.493 e. The lowest BCUT2D eigenvalue weighted by Crippen LogP contribution is -2.28. The van der Waals surface area contributed by atoms with Gasteiger partial charge in [0.25, 0.3) is 0 Å². The Hall–Kier alpha value is -3.06. The number of aryl methyl sites for hydroxylation is 1. The Labute approximate surface area is 162 Å². The number of carbonyl (C=O) groups is 1. The first-order valence-corrected chi connectivity index (χ1v) is 9.25. The van der Waals surface area contributed by atoms with Crippen molar-refractivity contribution in [2.75, 3.05) is 19.5 Å². The fraction of sp³-hybridized carbons (Fsp3) is 0.200. The summed E-state index contributed by atoms with van der Waals surface area (Å²) in [4.78, 5) is 16.7. The number of methoxy groups -OCH3 is 2. The smallest absolute Gasteiger partial charge is 0.319 e. The number of aromatic nitrogens is 1. The van der Waals surface area contributed by atoms with Crippen LogP contribution in [0, 0.1) is 6.92 Å². The molecule has 1 heterocycles. The Morgan fingerprint density at radius 1 is 1.11 bits per heavy atom. The van der Waals surface area contributed by atoms with Gasteiger partial charge >= 0.3 is 6.03 Å². The maximum absolute atomic E-state index is 12.2. The van der Waals surface area contributed by atoms with E-state index in [9.17, 15) is 4.79 Å². The molecule has 0 bridgehead atoms. The van der Waals surface area contributed by atoms with Crippen molar-refractivity contribution in [2.24, 2.45) is 0 Å². The van der Waals surface area contributed by atoms with Gasteiger partial charge in [-0.05, 0) is 36.8 Å². The normalized spacial score (nSPS) is 10.3. The molecule has 1 aromatic heterocycles. The molecular weight excluding hydrogens is 362 g/mol. The van der Waals surface area contributed by atoms with Gasteiger partial charge in [-0.2, -0.15) is 0 Å². The average Bonchev–Trinajstić information content (AvgIpc) is 3.12. The van der Waals surface area contributed by atoms with Crippen LogP contribution in [0.2, 0.25) is 0 Å². The number of anilines is 1. The summed E-state index contributed by atoms with van der Waals surface area (Å²) in [6.07, 6.45) is 0. The zero-order chi connectivity index (χ0) is 19.2. The molecule has 27 heavy (non-hydrogen) atoms. The van der Waals surface area contributed by atoms with Crippen LogP contribution in [-0.2, 0) is 6.54 Å². The van der Waals surface area contributed by atoms with Gasteiger partial charge in [-0.25, -0.2) is 9.78 Å². The molecule has 0 aliphatic carbocycles. The molecule has 0 saturated carbocycles. The Morgan fingerprint density at radius 2 is 1.93 bits per heavy atom. The Bertz CT molecular complexity index is 940. The highest BCUT2D eigenvalue weighted by atomic mass is 32.1. The Morgan fingerprint density at radius 3 is 2.63 bits per heavy atom. The quantitative estimate of drug-likeness (QED) is 0.659. The van der Waals surface area contributed by atoms with E-state index in [1.165, 1.54) is 0 Å². The van der Waals surface area contributed by atoms with Gasteiger partial charge in [-0.1, -0.05) is 18.2 Å². The first-order chi connectivity index (χ1) is 13.1. The number of benzene rings is 2. The lowest BCUT2D eigenvalue weighted by Gasteiger charge is -2.11. The highest BCUT2D eigenvalue weighted by Gasteiger charge is 2.08. The van der Waals surface area contributed by atoms with E-state index in [0.717, 1.165) is 21.8 Å². The summed E-state index contributed by atoms with van der Waals surface area (Å²) in [6, 6.07) is 12.9. The molecule has 2 N–H and O–H groups in total. The molecule has 0 aliphatic heterocycles. The maximum Gasteiger partial charge on any atom is 0.319 e. The highest BCUT2D eigenvalue weighted by Crippen LogP contribution is 2.28. The fourth-order valence-corrected chi connectivity index (χ4v) is 3.36. The third-order valence-corrected chi connectivity index (χ3v) is 4.90. The third kappa shape index (κ3) is 4.77. The summed E-state index contributed by atoms with van der Waals surface area (Å²) in [5, 5.41) is 8.63. The van der Waals surface area contributed by atoms with Crippen molar-refractivity contribution in [1.82, 2.24) is 10.3 Å². The van der Waals surface area contributed by atoms with Gasteiger partial charge in [0.15, 0.2) is 11.5 Å². The van der Waals surface area contributed by atoms with Crippen LogP contribution in [0.3, 0.4) is 0 Å². The number of urea groups is 1. The number of carbonyl (C=O) groups excluding carboxylic acids is 1. The number of hydrogen-bond acceptors (Lipinski definition) is 5.